The van der Waals surface area contributed by atoms with E-state index in [0.717, 1.165) is 22.4 Å². The first-order valence-corrected chi connectivity index (χ1v) is 13.3. The Hall–Kier alpha value is -4.96. The zero-order valence-corrected chi connectivity index (χ0v) is 22.4. The highest BCUT2D eigenvalue weighted by molar-refractivity contribution is 6.37. The van der Waals surface area contributed by atoms with Crippen LogP contribution in [0.1, 0.15) is 32.6 Å². The number of carbonyl (C=O) groups excluding carboxylic acids is 4. The maximum atomic E-state index is 13.3. The van der Waals surface area contributed by atoms with E-state index >= 15 is 0 Å². The Kier molecular flexibility index (Phi) is 6.98. The molecule has 0 radical (unpaired) electrons. The molecular weight excluding hydrogens is 524 g/mol. The normalized spacial score (nSPS) is 17.3. The monoisotopic (exact) mass is 552 g/mol. The Morgan fingerprint density at radius 2 is 1.76 bits per heavy atom. The van der Waals surface area contributed by atoms with Gasteiger partial charge in [-0.05, 0) is 41.0 Å². The van der Waals surface area contributed by atoms with Gasteiger partial charge in [0.15, 0.2) is 0 Å². The summed E-state index contributed by atoms with van der Waals surface area (Å²) in [6, 6.07) is 20.5. The number of rotatable bonds is 6. The summed E-state index contributed by atoms with van der Waals surface area (Å²) in [7, 11) is 1.31. The number of fused-ring (bicyclic) bond motifs is 2. The lowest BCUT2D eigenvalue weighted by Gasteiger charge is -2.27. The van der Waals surface area contributed by atoms with Crippen LogP contribution in [0.4, 0.5) is 11.4 Å². The van der Waals surface area contributed by atoms with Crippen molar-refractivity contribution in [1.29, 1.82) is 0 Å². The third-order valence-corrected chi connectivity index (χ3v) is 7.43. The van der Waals surface area contributed by atoms with E-state index < -0.39 is 5.97 Å². The molecule has 3 aromatic rings. The maximum Gasteiger partial charge on any atom is 0.337 e. The van der Waals surface area contributed by atoms with Crippen molar-refractivity contribution < 1.29 is 28.7 Å². The molecule has 0 unspecified atom stereocenters. The van der Waals surface area contributed by atoms with Crippen LogP contribution in [0.2, 0.25) is 0 Å². The standard InChI is InChI=1S/C31H28N4O6/c1-40-31(39)20-8-10-24-25(14-20)33-30(38)28(24)29(19-5-3-2-4-6-19)32-23-9-7-21-15-35(16-22(21)13-23)26(36)17-34-11-12-41-27(37)18-34/h2-10,13-14,32H,11-12,15-18H2,1H3,(H,33,38)/b29-28-. The molecule has 0 aromatic heterocycles. The predicted octanol–water partition coefficient (Wildman–Crippen LogP) is 3.11. The van der Waals surface area contributed by atoms with Crippen LogP contribution in [0.3, 0.4) is 0 Å². The van der Waals surface area contributed by atoms with Gasteiger partial charge in [0.05, 0.1) is 42.7 Å². The molecule has 6 rings (SSSR count). The Labute approximate surface area is 236 Å². The number of ether oxygens (including phenoxy) is 2. The number of hydrogen-bond acceptors (Lipinski definition) is 8. The minimum absolute atomic E-state index is 0.0388. The second-order valence-corrected chi connectivity index (χ2v) is 10.1. The second kappa shape index (κ2) is 10.9. The number of hydrogen-bond donors (Lipinski definition) is 2. The smallest absolute Gasteiger partial charge is 0.337 e. The van der Waals surface area contributed by atoms with E-state index in [4.69, 9.17) is 9.47 Å². The minimum atomic E-state index is -0.481. The maximum absolute atomic E-state index is 13.3. The molecule has 3 aliphatic heterocycles. The molecule has 1 fully saturated rings. The van der Waals surface area contributed by atoms with Crippen LogP contribution in [0.15, 0.2) is 66.7 Å². The average molecular weight is 553 g/mol. The van der Waals surface area contributed by atoms with E-state index in [0.29, 0.717) is 54.3 Å². The van der Waals surface area contributed by atoms with Crippen LogP contribution in [-0.2, 0) is 36.9 Å². The molecular formula is C31H28N4O6. The summed E-state index contributed by atoms with van der Waals surface area (Å²) in [5.41, 5.74) is 6.29. The lowest BCUT2D eigenvalue weighted by Crippen LogP contribution is -2.45. The molecule has 41 heavy (non-hydrogen) atoms. The van der Waals surface area contributed by atoms with Gasteiger partial charge in [-0.2, -0.15) is 0 Å². The van der Waals surface area contributed by atoms with Gasteiger partial charge < -0.3 is 25.0 Å². The minimum Gasteiger partial charge on any atom is -0.465 e. The molecule has 2 N–H and O–H groups in total. The summed E-state index contributed by atoms with van der Waals surface area (Å²) in [5.74, 6) is -1.11. The number of morpholine rings is 1. The van der Waals surface area contributed by atoms with Crippen LogP contribution in [0.25, 0.3) is 11.3 Å². The van der Waals surface area contributed by atoms with Crippen molar-refractivity contribution in [3.05, 3.63) is 94.5 Å². The van der Waals surface area contributed by atoms with Gasteiger partial charge in [0, 0.05) is 30.9 Å². The van der Waals surface area contributed by atoms with E-state index in [9.17, 15) is 19.2 Å². The highest BCUT2D eigenvalue weighted by atomic mass is 16.5. The topological polar surface area (TPSA) is 117 Å². The zero-order valence-electron chi connectivity index (χ0n) is 22.4. The summed E-state index contributed by atoms with van der Waals surface area (Å²) in [6.07, 6.45) is 0. The summed E-state index contributed by atoms with van der Waals surface area (Å²) >= 11 is 0. The van der Waals surface area contributed by atoms with Crippen LogP contribution in [-0.4, -0.2) is 66.9 Å². The largest absolute Gasteiger partial charge is 0.465 e. The first kappa shape index (κ1) is 26.3. The first-order valence-electron chi connectivity index (χ1n) is 13.3. The van der Waals surface area contributed by atoms with Crippen molar-refractivity contribution in [2.45, 2.75) is 13.1 Å². The fourth-order valence-corrected chi connectivity index (χ4v) is 5.36. The number of anilines is 2. The fraction of sp³-hybridized carbons (Fsp3) is 0.226. The van der Waals surface area contributed by atoms with Crippen LogP contribution < -0.4 is 10.6 Å². The SMILES string of the molecule is COC(=O)c1ccc2c(c1)NC(=O)/C2=C(\Nc1ccc2c(c1)CN(C(=O)CN1CCOC(=O)C1)C2)c1ccccc1. The molecule has 208 valence electrons. The molecule has 1 saturated heterocycles. The van der Waals surface area contributed by atoms with E-state index in [-0.39, 0.29) is 30.9 Å². The van der Waals surface area contributed by atoms with Crippen LogP contribution >= 0.6 is 0 Å². The van der Waals surface area contributed by atoms with Crippen molar-refractivity contribution in [3.8, 4) is 0 Å². The van der Waals surface area contributed by atoms with Gasteiger partial charge in [-0.3, -0.25) is 19.3 Å². The van der Waals surface area contributed by atoms with E-state index in [1.807, 2.05) is 48.5 Å². The quantitative estimate of drug-likeness (QED) is 0.354. The van der Waals surface area contributed by atoms with Crippen molar-refractivity contribution >= 4 is 46.4 Å². The molecule has 0 spiro atoms. The molecule has 0 bridgehead atoms. The van der Waals surface area contributed by atoms with Gasteiger partial charge in [0.25, 0.3) is 5.91 Å². The van der Waals surface area contributed by atoms with Gasteiger partial charge in [-0.15, -0.1) is 0 Å². The molecule has 3 aromatic carbocycles. The van der Waals surface area contributed by atoms with Gasteiger partial charge in [0.1, 0.15) is 6.61 Å². The summed E-state index contributed by atoms with van der Waals surface area (Å²) in [4.78, 5) is 53.5. The lowest BCUT2D eigenvalue weighted by atomic mass is 9.98. The molecule has 3 aliphatic rings. The van der Waals surface area contributed by atoms with Gasteiger partial charge >= 0.3 is 11.9 Å². The van der Waals surface area contributed by atoms with Crippen LogP contribution in [0, 0.1) is 0 Å². The van der Waals surface area contributed by atoms with Gasteiger partial charge in [0.2, 0.25) is 5.91 Å². The lowest BCUT2D eigenvalue weighted by molar-refractivity contribution is -0.151. The van der Waals surface area contributed by atoms with E-state index in [2.05, 4.69) is 10.6 Å². The van der Waals surface area contributed by atoms with Crippen LogP contribution in [0.5, 0.6) is 0 Å². The fourth-order valence-electron chi connectivity index (χ4n) is 5.36. The number of nitrogens with zero attached hydrogens (tertiary/aromatic N) is 2. The van der Waals surface area contributed by atoms with Crippen molar-refractivity contribution in [1.82, 2.24) is 9.80 Å². The number of amides is 2. The number of nitrogens with one attached hydrogen (secondary N) is 2. The van der Waals surface area contributed by atoms with Crippen molar-refractivity contribution in [2.75, 3.05) is 44.0 Å². The Bertz CT molecular complexity index is 1600. The Morgan fingerprint density at radius 3 is 2.54 bits per heavy atom. The molecule has 10 nitrogen and oxygen atoms in total. The van der Waals surface area contributed by atoms with Crippen molar-refractivity contribution in [3.63, 3.8) is 0 Å². The summed E-state index contributed by atoms with van der Waals surface area (Å²) in [6.45, 7) is 2.10. The molecule has 3 heterocycles. The number of benzene rings is 3. The molecule has 2 amide bonds. The first-order chi connectivity index (χ1) is 19.9. The van der Waals surface area contributed by atoms with Crippen molar-refractivity contribution in [2.24, 2.45) is 0 Å². The van der Waals surface area contributed by atoms with E-state index in [1.165, 1.54) is 7.11 Å². The summed E-state index contributed by atoms with van der Waals surface area (Å²) < 4.78 is 9.79. The highest BCUT2D eigenvalue weighted by Crippen LogP contribution is 2.38. The number of esters is 2. The average Bonchev–Trinajstić information content (AvgIpc) is 3.55. The number of cyclic esters (lactones) is 1. The van der Waals surface area contributed by atoms with Gasteiger partial charge in [-0.1, -0.05) is 42.5 Å². The zero-order chi connectivity index (χ0) is 28.5. The molecule has 10 heteroatoms. The third-order valence-electron chi connectivity index (χ3n) is 7.43. The number of carbonyl (C=O) groups is 4. The Balaban J connectivity index is 1.27. The predicted molar refractivity (Wildman–Crippen MR) is 151 cm³/mol. The molecule has 0 atom stereocenters. The molecule has 0 aliphatic carbocycles. The number of methoxy groups -OCH3 is 1. The second-order valence-electron chi connectivity index (χ2n) is 10.1. The molecule has 0 saturated carbocycles. The third kappa shape index (κ3) is 5.29. The van der Waals surface area contributed by atoms with Gasteiger partial charge in [-0.25, -0.2) is 4.79 Å². The summed E-state index contributed by atoms with van der Waals surface area (Å²) in [5, 5.41) is 6.34. The van der Waals surface area contributed by atoms with E-state index in [1.54, 1.807) is 28.0 Å². The highest BCUT2D eigenvalue weighted by Gasteiger charge is 2.30. The Morgan fingerprint density at radius 1 is 0.951 bits per heavy atom.